The Morgan fingerprint density at radius 3 is 2.55 bits per heavy atom. The van der Waals surface area contributed by atoms with Crippen LogP contribution in [-0.4, -0.2) is 30.3 Å². The lowest BCUT2D eigenvalue weighted by Crippen LogP contribution is -2.11. The van der Waals surface area contributed by atoms with E-state index in [1.165, 1.54) is 5.56 Å². The van der Waals surface area contributed by atoms with Gasteiger partial charge in [0, 0.05) is 21.6 Å². The quantitative estimate of drug-likeness (QED) is 0.459. The molecule has 0 atom stereocenters. The Hall–Kier alpha value is -2.91. The molecule has 4 aromatic rings. The number of nitrogens with one attached hydrogen (secondary N) is 1. The van der Waals surface area contributed by atoms with E-state index in [1.807, 2.05) is 31.2 Å². The van der Waals surface area contributed by atoms with Gasteiger partial charge in [-0.2, -0.15) is 9.36 Å². The van der Waals surface area contributed by atoms with Crippen molar-refractivity contribution in [1.29, 1.82) is 0 Å². The van der Waals surface area contributed by atoms with Gasteiger partial charge in [-0.05, 0) is 55.3 Å². The summed E-state index contributed by atoms with van der Waals surface area (Å²) < 4.78 is 7.01. The molecule has 0 unspecified atom stereocenters. The molecule has 2 aromatic carbocycles. The number of aromatic nitrogens is 5. The van der Waals surface area contributed by atoms with E-state index in [1.54, 1.807) is 16.8 Å². The maximum atomic E-state index is 12.4. The van der Waals surface area contributed by atoms with Crippen molar-refractivity contribution < 1.29 is 4.79 Å². The Morgan fingerprint density at radius 1 is 1.14 bits per heavy atom. The van der Waals surface area contributed by atoms with Gasteiger partial charge in [-0.25, -0.2) is 4.68 Å². The van der Waals surface area contributed by atoms with Crippen molar-refractivity contribution in [2.24, 2.45) is 0 Å². The van der Waals surface area contributed by atoms with Gasteiger partial charge in [0.15, 0.2) is 11.5 Å². The summed E-state index contributed by atoms with van der Waals surface area (Å²) in [5.74, 6) is 0.201. The monoisotopic (exact) mass is 468 g/mol. The van der Waals surface area contributed by atoms with E-state index in [-0.39, 0.29) is 5.91 Å². The van der Waals surface area contributed by atoms with Crippen LogP contribution in [0.15, 0.2) is 53.0 Å². The average molecular weight is 469 g/mol. The molecule has 146 valence electrons. The van der Waals surface area contributed by atoms with Crippen molar-refractivity contribution in [3.05, 3.63) is 69.8 Å². The predicted octanol–water partition coefficient (Wildman–Crippen LogP) is 4.67. The van der Waals surface area contributed by atoms with E-state index >= 15 is 0 Å². The highest BCUT2D eigenvalue weighted by Crippen LogP contribution is 2.24. The number of benzene rings is 2. The number of hydrogen-bond donors (Lipinski definition) is 1. The maximum absolute atomic E-state index is 12.4. The van der Waals surface area contributed by atoms with Crippen LogP contribution >= 0.6 is 27.5 Å². The number of rotatable bonds is 5. The zero-order chi connectivity index (χ0) is 20.4. The van der Waals surface area contributed by atoms with Crippen LogP contribution in [0.2, 0.25) is 0 Å². The average Bonchev–Trinajstić information content (AvgIpc) is 3.35. The molecule has 0 bridgehead atoms. The first-order valence-corrected chi connectivity index (χ1v) is 10.5. The Bertz CT molecular complexity index is 1150. The predicted molar refractivity (Wildman–Crippen MR) is 116 cm³/mol. The summed E-state index contributed by atoms with van der Waals surface area (Å²) in [6, 6.07) is 15.3. The van der Waals surface area contributed by atoms with Crippen LogP contribution in [0, 0.1) is 6.92 Å². The molecule has 0 radical (unpaired) electrons. The fraction of sp³-hybridized carbons (Fsp3) is 0.150. The number of carbonyl (C=O) groups is 1. The minimum absolute atomic E-state index is 0.239. The van der Waals surface area contributed by atoms with E-state index in [0.717, 1.165) is 33.8 Å². The minimum Gasteiger partial charge on any atom is -0.297 e. The zero-order valence-corrected chi connectivity index (χ0v) is 18.2. The van der Waals surface area contributed by atoms with Gasteiger partial charge in [-0.15, -0.1) is 5.10 Å². The first-order valence-electron chi connectivity index (χ1n) is 8.97. The second-order valence-corrected chi connectivity index (χ2v) is 8.01. The van der Waals surface area contributed by atoms with Gasteiger partial charge in [-0.3, -0.25) is 10.1 Å². The van der Waals surface area contributed by atoms with Crippen LogP contribution in [0.5, 0.6) is 0 Å². The van der Waals surface area contributed by atoms with Crippen molar-refractivity contribution in [3.8, 4) is 17.2 Å². The highest BCUT2D eigenvalue weighted by atomic mass is 79.9. The molecule has 0 fully saturated rings. The normalized spacial score (nSPS) is 10.9. The lowest BCUT2D eigenvalue weighted by atomic mass is 10.1. The molecular formula is C20H17BrN6OS. The van der Waals surface area contributed by atoms with Crippen molar-refractivity contribution in [2.45, 2.75) is 20.3 Å². The summed E-state index contributed by atoms with van der Waals surface area (Å²) in [4.78, 5) is 16.8. The van der Waals surface area contributed by atoms with Gasteiger partial charge in [0.25, 0.3) is 5.91 Å². The lowest BCUT2D eigenvalue weighted by Gasteiger charge is -2.04. The number of carbonyl (C=O) groups excluding carboxylic acids is 1. The highest BCUT2D eigenvalue weighted by Gasteiger charge is 2.18. The van der Waals surface area contributed by atoms with Crippen LogP contribution in [0.3, 0.4) is 0 Å². The second-order valence-electron chi connectivity index (χ2n) is 6.34. The van der Waals surface area contributed by atoms with Gasteiger partial charge < -0.3 is 0 Å². The Labute approximate surface area is 180 Å². The van der Waals surface area contributed by atoms with Gasteiger partial charge in [0.1, 0.15) is 0 Å². The lowest BCUT2D eigenvalue weighted by molar-refractivity contribution is 0.102. The second kappa shape index (κ2) is 8.22. The van der Waals surface area contributed by atoms with Crippen LogP contribution in [0.25, 0.3) is 17.2 Å². The molecule has 0 saturated carbocycles. The number of anilines is 1. The van der Waals surface area contributed by atoms with E-state index in [0.29, 0.717) is 22.2 Å². The van der Waals surface area contributed by atoms with E-state index in [4.69, 9.17) is 0 Å². The highest BCUT2D eigenvalue weighted by molar-refractivity contribution is 9.10. The fourth-order valence-electron chi connectivity index (χ4n) is 2.79. The Morgan fingerprint density at radius 2 is 1.86 bits per heavy atom. The smallest absolute Gasteiger partial charge is 0.257 e. The molecule has 1 N–H and O–H groups in total. The van der Waals surface area contributed by atoms with Crippen LogP contribution in [-0.2, 0) is 6.42 Å². The van der Waals surface area contributed by atoms with Gasteiger partial charge in [-0.1, -0.05) is 40.2 Å². The van der Waals surface area contributed by atoms with Crippen molar-refractivity contribution in [3.63, 3.8) is 0 Å². The molecule has 1 amide bonds. The molecule has 29 heavy (non-hydrogen) atoms. The maximum Gasteiger partial charge on any atom is 0.257 e. The molecule has 2 aromatic heterocycles. The van der Waals surface area contributed by atoms with Crippen molar-refractivity contribution in [2.75, 3.05) is 5.32 Å². The SMILES string of the molecule is CCc1ccc(-n2nnc(-c3nsc(NC(=O)c4ccc(Br)cc4)n3)c2C)cc1. The molecule has 7 nitrogen and oxygen atoms in total. The van der Waals surface area contributed by atoms with Gasteiger partial charge in [0.2, 0.25) is 5.13 Å². The number of nitrogens with zero attached hydrogens (tertiary/aromatic N) is 5. The third-order valence-electron chi connectivity index (χ3n) is 4.45. The third-order valence-corrected chi connectivity index (χ3v) is 5.61. The summed E-state index contributed by atoms with van der Waals surface area (Å²) in [6.07, 6.45) is 0.985. The number of amides is 1. The van der Waals surface area contributed by atoms with Gasteiger partial charge in [0.05, 0.1) is 11.4 Å². The molecular weight excluding hydrogens is 452 g/mol. The molecule has 0 aliphatic carbocycles. The summed E-state index contributed by atoms with van der Waals surface area (Å²) in [6.45, 7) is 4.04. The topological polar surface area (TPSA) is 85.6 Å². The summed E-state index contributed by atoms with van der Waals surface area (Å²) in [7, 11) is 0. The largest absolute Gasteiger partial charge is 0.297 e. The molecule has 0 aliphatic heterocycles. The molecule has 4 rings (SSSR count). The Balaban J connectivity index is 1.54. The first kappa shape index (κ1) is 19.4. The van der Waals surface area contributed by atoms with Crippen LogP contribution in [0.1, 0.15) is 28.5 Å². The van der Waals surface area contributed by atoms with Crippen LogP contribution in [0.4, 0.5) is 5.13 Å². The van der Waals surface area contributed by atoms with E-state index in [2.05, 4.69) is 60.0 Å². The van der Waals surface area contributed by atoms with Crippen molar-refractivity contribution in [1.82, 2.24) is 24.4 Å². The summed E-state index contributed by atoms with van der Waals surface area (Å²) in [5.41, 5.74) is 4.15. The molecule has 0 saturated heterocycles. The minimum atomic E-state index is -0.239. The van der Waals surface area contributed by atoms with E-state index < -0.39 is 0 Å². The van der Waals surface area contributed by atoms with E-state index in [9.17, 15) is 4.79 Å². The standard InChI is InChI=1S/C20H17BrN6OS/c1-3-13-4-10-16(11-5-13)27-12(2)17(24-26-27)18-22-20(29-25-18)23-19(28)14-6-8-15(21)9-7-14/h4-11H,3H2,1-2H3,(H,22,23,25,28). The molecule has 9 heteroatoms. The summed E-state index contributed by atoms with van der Waals surface area (Å²) in [5, 5.41) is 11.7. The molecule has 0 aliphatic rings. The molecule has 0 spiro atoms. The fourth-order valence-corrected chi connectivity index (χ4v) is 3.63. The number of aryl methyl sites for hydroxylation is 1. The number of halogens is 1. The third kappa shape index (κ3) is 4.10. The molecule has 2 heterocycles. The first-order chi connectivity index (χ1) is 14.0. The summed E-state index contributed by atoms with van der Waals surface area (Å²) >= 11 is 4.47. The number of hydrogen-bond acceptors (Lipinski definition) is 6. The van der Waals surface area contributed by atoms with Crippen molar-refractivity contribution >= 4 is 38.5 Å². The van der Waals surface area contributed by atoms with Gasteiger partial charge >= 0.3 is 0 Å². The van der Waals surface area contributed by atoms with Crippen LogP contribution < -0.4 is 5.32 Å². The Kier molecular flexibility index (Phi) is 5.50. The zero-order valence-electron chi connectivity index (χ0n) is 15.8.